The number of thiophene rings is 1. The monoisotopic (exact) mass is 325 g/mol. The van der Waals surface area contributed by atoms with E-state index in [9.17, 15) is 9.59 Å². The predicted octanol–water partition coefficient (Wildman–Crippen LogP) is 3.27. The molecule has 0 unspecified atom stereocenters. The Balaban J connectivity index is 2.30. The number of aromatic nitrogens is 2. The van der Waals surface area contributed by atoms with E-state index in [-0.39, 0.29) is 27.2 Å². The zero-order valence-corrected chi connectivity index (χ0v) is 12.8. The summed E-state index contributed by atoms with van der Waals surface area (Å²) in [6.45, 7) is 3.79. The van der Waals surface area contributed by atoms with Gasteiger partial charge >= 0.3 is 5.97 Å². The smallest absolute Gasteiger partial charge is 0.338 e. The molecular weight excluding hydrogens is 314 g/mol. The fourth-order valence-electron chi connectivity index (χ4n) is 1.55. The lowest BCUT2D eigenvalue weighted by atomic mass is 10.2. The zero-order chi connectivity index (χ0) is 15.6. The first kappa shape index (κ1) is 15.4. The van der Waals surface area contributed by atoms with Crippen molar-refractivity contribution in [3.63, 3.8) is 0 Å². The molecule has 0 aliphatic rings. The van der Waals surface area contributed by atoms with Gasteiger partial charge in [0.2, 0.25) is 0 Å². The van der Waals surface area contributed by atoms with Crippen LogP contribution in [0.5, 0.6) is 0 Å². The summed E-state index contributed by atoms with van der Waals surface area (Å²) in [4.78, 5) is 31.4. The van der Waals surface area contributed by atoms with Gasteiger partial charge in [0.1, 0.15) is 10.8 Å². The summed E-state index contributed by atoms with van der Waals surface area (Å²) in [5.41, 5.74) is 0.0581. The molecule has 6 nitrogen and oxygen atoms in total. The quantitative estimate of drug-likeness (QED) is 0.900. The van der Waals surface area contributed by atoms with Crippen LogP contribution in [0.4, 0.5) is 5.00 Å². The first-order valence-electron chi connectivity index (χ1n) is 6.04. The molecule has 21 heavy (non-hydrogen) atoms. The second-order valence-corrected chi connectivity index (χ2v) is 5.83. The van der Waals surface area contributed by atoms with Crippen LogP contribution < -0.4 is 5.32 Å². The number of hydrogen-bond acceptors (Lipinski definition) is 5. The summed E-state index contributed by atoms with van der Waals surface area (Å²) < 4.78 is 0. The van der Waals surface area contributed by atoms with Gasteiger partial charge in [0.25, 0.3) is 5.91 Å². The van der Waals surface area contributed by atoms with Crippen molar-refractivity contribution in [2.24, 2.45) is 0 Å². The van der Waals surface area contributed by atoms with E-state index in [1.54, 1.807) is 5.38 Å². The van der Waals surface area contributed by atoms with Gasteiger partial charge in [-0.15, -0.1) is 11.3 Å². The average molecular weight is 326 g/mol. The summed E-state index contributed by atoms with van der Waals surface area (Å²) in [5, 5.41) is 13.5. The summed E-state index contributed by atoms with van der Waals surface area (Å²) in [6, 6.07) is 1.42. The van der Waals surface area contributed by atoms with E-state index in [1.807, 2.05) is 13.8 Å². The van der Waals surface area contributed by atoms with Crippen LogP contribution >= 0.6 is 22.9 Å². The van der Waals surface area contributed by atoms with Crippen molar-refractivity contribution in [1.82, 2.24) is 9.97 Å². The molecule has 0 saturated heterocycles. The Labute approximate surface area is 129 Å². The van der Waals surface area contributed by atoms with Gasteiger partial charge in [-0.3, -0.25) is 4.79 Å². The third-order valence-corrected chi connectivity index (χ3v) is 3.72. The average Bonchev–Trinajstić information content (AvgIpc) is 2.87. The summed E-state index contributed by atoms with van der Waals surface area (Å²) >= 11 is 7.06. The van der Waals surface area contributed by atoms with Crippen molar-refractivity contribution < 1.29 is 14.7 Å². The van der Waals surface area contributed by atoms with Crippen LogP contribution in [0.1, 0.15) is 46.4 Å². The number of halogens is 1. The molecule has 0 spiro atoms. The van der Waals surface area contributed by atoms with Crippen LogP contribution in [0.2, 0.25) is 5.02 Å². The first-order valence-corrected chi connectivity index (χ1v) is 7.30. The van der Waals surface area contributed by atoms with Crippen molar-refractivity contribution in [3.8, 4) is 0 Å². The molecule has 0 aromatic carbocycles. The molecule has 110 valence electrons. The Morgan fingerprint density at radius 3 is 2.76 bits per heavy atom. The summed E-state index contributed by atoms with van der Waals surface area (Å²) in [6.07, 6.45) is 1.37. The Morgan fingerprint density at radius 1 is 1.43 bits per heavy atom. The Hall–Kier alpha value is -1.99. The van der Waals surface area contributed by atoms with Gasteiger partial charge < -0.3 is 10.4 Å². The largest absolute Gasteiger partial charge is 0.478 e. The SMILES string of the molecule is CC(C)c1ncc(Cl)c(C(=O)Nc2sccc2C(=O)O)n1. The van der Waals surface area contributed by atoms with Crippen molar-refractivity contribution in [2.45, 2.75) is 19.8 Å². The standard InChI is InChI=1S/C13H12ClN3O3S/c1-6(2)10-15-5-8(14)9(16-10)11(18)17-12-7(13(19)20)3-4-21-12/h3-6H,1-2H3,(H,17,18)(H,19,20). The minimum absolute atomic E-state index is 0.0279. The Kier molecular flexibility index (Phi) is 4.54. The lowest BCUT2D eigenvalue weighted by molar-refractivity contribution is 0.0698. The lowest BCUT2D eigenvalue weighted by Crippen LogP contribution is -2.17. The third kappa shape index (κ3) is 3.37. The van der Waals surface area contributed by atoms with Crippen LogP contribution in [-0.2, 0) is 0 Å². The van der Waals surface area contributed by atoms with Gasteiger partial charge in [0, 0.05) is 5.92 Å². The number of anilines is 1. The zero-order valence-electron chi connectivity index (χ0n) is 11.3. The number of carboxylic acids is 1. The van der Waals surface area contributed by atoms with Gasteiger partial charge in [-0.2, -0.15) is 0 Å². The minimum atomic E-state index is -1.11. The number of hydrogen-bond donors (Lipinski definition) is 2. The number of nitrogens with one attached hydrogen (secondary N) is 1. The van der Waals surface area contributed by atoms with E-state index < -0.39 is 11.9 Å². The maximum absolute atomic E-state index is 12.2. The van der Waals surface area contributed by atoms with Crippen LogP contribution in [0.3, 0.4) is 0 Å². The molecule has 0 fully saturated rings. The van der Waals surface area contributed by atoms with E-state index >= 15 is 0 Å². The fourth-order valence-corrected chi connectivity index (χ4v) is 2.51. The second kappa shape index (κ2) is 6.19. The fraction of sp³-hybridized carbons (Fsp3) is 0.231. The summed E-state index contributed by atoms with van der Waals surface area (Å²) in [7, 11) is 0. The van der Waals surface area contributed by atoms with Gasteiger partial charge in [-0.05, 0) is 11.4 Å². The number of carbonyl (C=O) groups is 2. The van der Waals surface area contributed by atoms with E-state index in [1.165, 1.54) is 12.3 Å². The van der Waals surface area contributed by atoms with Gasteiger partial charge in [0.05, 0.1) is 16.8 Å². The van der Waals surface area contributed by atoms with Gasteiger partial charge in [-0.25, -0.2) is 14.8 Å². The van der Waals surface area contributed by atoms with Gasteiger partial charge in [-0.1, -0.05) is 25.4 Å². The lowest BCUT2D eigenvalue weighted by Gasteiger charge is -2.08. The summed E-state index contributed by atoms with van der Waals surface area (Å²) in [5.74, 6) is -1.13. The minimum Gasteiger partial charge on any atom is -0.478 e. The molecule has 2 rings (SSSR count). The highest BCUT2D eigenvalue weighted by Gasteiger charge is 2.19. The number of amides is 1. The van der Waals surface area contributed by atoms with E-state index in [4.69, 9.17) is 16.7 Å². The van der Waals surface area contributed by atoms with Crippen LogP contribution in [-0.4, -0.2) is 27.0 Å². The highest BCUT2D eigenvalue weighted by atomic mass is 35.5. The predicted molar refractivity (Wildman–Crippen MR) is 80.4 cm³/mol. The van der Waals surface area contributed by atoms with Crippen molar-refractivity contribution in [1.29, 1.82) is 0 Å². The highest BCUT2D eigenvalue weighted by molar-refractivity contribution is 7.14. The number of aromatic carboxylic acids is 1. The molecule has 0 bridgehead atoms. The molecule has 0 radical (unpaired) electrons. The Morgan fingerprint density at radius 2 is 2.14 bits per heavy atom. The number of carboxylic acid groups (broad SMARTS) is 1. The van der Waals surface area contributed by atoms with Crippen molar-refractivity contribution in [2.75, 3.05) is 5.32 Å². The second-order valence-electron chi connectivity index (χ2n) is 4.50. The van der Waals surface area contributed by atoms with E-state index in [0.29, 0.717) is 5.82 Å². The highest BCUT2D eigenvalue weighted by Crippen LogP contribution is 2.25. The maximum Gasteiger partial charge on any atom is 0.338 e. The normalized spacial score (nSPS) is 10.7. The molecular formula is C13H12ClN3O3S. The third-order valence-electron chi connectivity index (χ3n) is 2.62. The number of rotatable bonds is 4. The molecule has 1 amide bonds. The Bertz CT molecular complexity index is 700. The molecule has 2 heterocycles. The van der Waals surface area contributed by atoms with Crippen molar-refractivity contribution in [3.05, 3.63) is 39.7 Å². The molecule has 8 heteroatoms. The molecule has 0 aliphatic carbocycles. The van der Waals surface area contributed by atoms with E-state index in [2.05, 4.69) is 15.3 Å². The molecule has 0 atom stereocenters. The van der Waals surface area contributed by atoms with Gasteiger partial charge in [0.15, 0.2) is 5.69 Å². The first-order chi connectivity index (χ1) is 9.90. The molecule has 2 N–H and O–H groups in total. The molecule has 2 aromatic rings. The number of nitrogens with zero attached hydrogens (tertiary/aromatic N) is 2. The molecule has 0 saturated carbocycles. The number of carbonyl (C=O) groups excluding carboxylic acids is 1. The molecule has 0 aliphatic heterocycles. The van der Waals surface area contributed by atoms with Crippen LogP contribution in [0.15, 0.2) is 17.6 Å². The topological polar surface area (TPSA) is 92.2 Å². The van der Waals surface area contributed by atoms with E-state index in [0.717, 1.165) is 11.3 Å². The van der Waals surface area contributed by atoms with Crippen molar-refractivity contribution >= 4 is 39.8 Å². The molecule has 2 aromatic heterocycles. The van der Waals surface area contributed by atoms with Crippen LogP contribution in [0, 0.1) is 0 Å². The van der Waals surface area contributed by atoms with Crippen LogP contribution in [0.25, 0.3) is 0 Å². The maximum atomic E-state index is 12.2.